The standard InChI is InChI=1S/C12H20N2O4/c1-4-18-12(17)11(16)10(15)9-5-13-14(7-9)6-8(2)3/h5,7-8,10-11,15-16H,4,6H2,1-3H3. The molecule has 0 radical (unpaired) electrons. The number of esters is 1. The summed E-state index contributed by atoms with van der Waals surface area (Å²) in [5, 5.41) is 23.5. The van der Waals surface area contributed by atoms with Gasteiger partial charge in [0, 0.05) is 18.3 Å². The van der Waals surface area contributed by atoms with Gasteiger partial charge in [0.25, 0.3) is 0 Å². The van der Waals surface area contributed by atoms with Crippen LogP contribution in [0.5, 0.6) is 0 Å². The van der Waals surface area contributed by atoms with E-state index in [-0.39, 0.29) is 6.61 Å². The summed E-state index contributed by atoms with van der Waals surface area (Å²) in [5.41, 5.74) is 0.399. The number of carbonyl (C=O) groups excluding carboxylic acids is 1. The van der Waals surface area contributed by atoms with E-state index in [9.17, 15) is 15.0 Å². The lowest BCUT2D eigenvalue weighted by Gasteiger charge is -2.14. The molecule has 1 rings (SSSR count). The van der Waals surface area contributed by atoms with Crippen molar-refractivity contribution < 1.29 is 19.7 Å². The number of aromatic nitrogens is 2. The van der Waals surface area contributed by atoms with Crippen molar-refractivity contribution in [2.45, 2.75) is 39.5 Å². The Morgan fingerprint density at radius 3 is 2.72 bits per heavy atom. The van der Waals surface area contributed by atoms with Crippen molar-refractivity contribution in [3.63, 3.8) is 0 Å². The van der Waals surface area contributed by atoms with E-state index in [0.29, 0.717) is 18.0 Å². The molecule has 0 saturated carbocycles. The lowest BCUT2D eigenvalue weighted by molar-refractivity contribution is -0.159. The number of hydrogen-bond acceptors (Lipinski definition) is 5. The van der Waals surface area contributed by atoms with E-state index >= 15 is 0 Å². The van der Waals surface area contributed by atoms with Gasteiger partial charge < -0.3 is 14.9 Å². The third kappa shape index (κ3) is 3.82. The quantitative estimate of drug-likeness (QED) is 0.724. The predicted octanol–water partition coefficient (Wildman–Crippen LogP) is 0.496. The van der Waals surface area contributed by atoms with Gasteiger partial charge in [0.2, 0.25) is 0 Å². The zero-order chi connectivity index (χ0) is 13.7. The lowest BCUT2D eigenvalue weighted by atomic mass is 10.1. The fourth-order valence-electron chi connectivity index (χ4n) is 1.55. The van der Waals surface area contributed by atoms with Crippen LogP contribution in [0.25, 0.3) is 0 Å². The van der Waals surface area contributed by atoms with Crippen molar-refractivity contribution in [3.05, 3.63) is 18.0 Å². The van der Waals surface area contributed by atoms with Crippen LogP contribution in [0.4, 0.5) is 0 Å². The molecule has 102 valence electrons. The molecule has 0 saturated heterocycles. The van der Waals surface area contributed by atoms with E-state index in [4.69, 9.17) is 0 Å². The Morgan fingerprint density at radius 2 is 2.17 bits per heavy atom. The van der Waals surface area contributed by atoms with Gasteiger partial charge in [-0.05, 0) is 12.8 Å². The molecule has 2 N–H and O–H groups in total. The van der Waals surface area contributed by atoms with Crippen LogP contribution in [0.2, 0.25) is 0 Å². The van der Waals surface area contributed by atoms with Gasteiger partial charge in [-0.2, -0.15) is 5.10 Å². The summed E-state index contributed by atoms with van der Waals surface area (Å²) in [6.07, 6.45) is 0.161. The Bertz CT molecular complexity index is 389. The Kier molecular flexibility index (Phi) is 5.30. The van der Waals surface area contributed by atoms with Crippen LogP contribution >= 0.6 is 0 Å². The maximum absolute atomic E-state index is 11.3. The second-order valence-electron chi connectivity index (χ2n) is 4.53. The van der Waals surface area contributed by atoms with Gasteiger partial charge in [0.15, 0.2) is 6.10 Å². The number of nitrogens with zero attached hydrogens (tertiary/aromatic N) is 2. The highest BCUT2D eigenvalue weighted by atomic mass is 16.5. The van der Waals surface area contributed by atoms with Gasteiger partial charge >= 0.3 is 5.97 Å². The molecule has 18 heavy (non-hydrogen) atoms. The number of hydrogen-bond donors (Lipinski definition) is 2. The van der Waals surface area contributed by atoms with Gasteiger partial charge in [0.05, 0.1) is 12.8 Å². The van der Waals surface area contributed by atoms with Crippen molar-refractivity contribution in [1.82, 2.24) is 9.78 Å². The number of rotatable bonds is 6. The average Bonchev–Trinajstić information content (AvgIpc) is 2.75. The highest BCUT2D eigenvalue weighted by molar-refractivity contribution is 5.75. The Labute approximate surface area is 106 Å². The van der Waals surface area contributed by atoms with Crippen LogP contribution in [0.3, 0.4) is 0 Å². The molecule has 0 aliphatic carbocycles. The van der Waals surface area contributed by atoms with Crippen molar-refractivity contribution in [2.24, 2.45) is 5.92 Å². The SMILES string of the molecule is CCOC(=O)C(O)C(O)c1cnn(CC(C)C)c1. The molecular weight excluding hydrogens is 236 g/mol. The van der Waals surface area contributed by atoms with Crippen LogP contribution in [0, 0.1) is 5.92 Å². The molecule has 2 atom stereocenters. The molecule has 0 bridgehead atoms. The molecule has 1 aromatic heterocycles. The Morgan fingerprint density at radius 1 is 1.50 bits per heavy atom. The minimum absolute atomic E-state index is 0.162. The van der Waals surface area contributed by atoms with Crippen LogP contribution in [-0.2, 0) is 16.1 Å². The van der Waals surface area contributed by atoms with Gasteiger partial charge in [-0.25, -0.2) is 4.79 Å². The maximum atomic E-state index is 11.3. The zero-order valence-electron chi connectivity index (χ0n) is 10.9. The summed E-state index contributed by atoms with van der Waals surface area (Å²) in [7, 11) is 0. The smallest absolute Gasteiger partial charge is 0.338 e. The Hall–Kier alpha value is -1.40. The van der Waals surface area contributed by atoms with Gasteiger partial charge in [-0.15, -0.1) is 0 Å². The third-order valence-electron chi connectivity index (χ3n) is 2.37. The number of aliphatic hydroxyl groups is 2. The highest BCUT2D eigenvalue weighted by Gasteiger charge is 2.27. The largest absolute Gasteiger partial charge is 0.464 e. The molecule has 0 fully saturated rings. The first-order valence-electron chi connectivity index (χ1n) is 6.00. The minimum Gasteiger partial charge on any atom is -0.464 e. The topological polar surface area (TPSA) is 84.6 Å². The summed E-state index contributed by atoms with van der Waals surface area (Å²) >= 11 is 0. The van der Waals surface area contributed by atoms with Crippen LogP contribution in [0.1, 0.15) is 32.4 Å². The first kappa shape index (κ1) is 14.7. The van der Waals surface area contributed by atoms with Crippen molar-refractivity contribution in [1.29, 1.82) is 0 Å². The van der Waals surface area contributed by atoms with E-state index in [1.54, 1.807) is 17.8 Å². The maximum Gasteiger partial charge on any atom is 0.338 e. The summed E-state index contributed by atoms with van der Waals surface area (Å²) in [4.78, 5) is 11.3. The average molecular weight is 256 g/mol. The van der Waals surface area contributed by atoms with E-state index in [0.717, 1.165) is 0 Å². The molecule has 0 aliphatic rings. The fourth-order valence-corrected chi connectivity index (χ4v) is 1.55. The fraction of sp³-hybridized carbons (Fsp3) is 0.667. The number of carbonyl (C=O) groups is 1. The minimum atomic E-state index is -1.58. The first-order chi connectivity index (χ1) is 8.45. The predicted molar refractivity (Wildman–Crippen MR) is 64.7 cm³/mol. The molecule has 6 heteroatoms. The van der Waals surface area contributed by atoms with Crippen LogP contribution in [0.15, 0.2) is 12.4 Å². The molecule has 2 unspecified atom stereocenters. The Balaban J connectivity index is 2.68. The third-order valence-corrected chi connectivity index (χ3v) is 2.37. The van der Waals surface area contributed by atoms with Crippen LogP contribution in [-0.4, -0.2) is 38.7 Å². The van der Waals surface area contributed by atoms with E-state index in [1.807, 2.05) is 13.8 Å². The first-order valence-corrected chi connectivity index (χ1v) is 6.00. The molecule has 1 heterocycles. The second-order valence-corrected chi connectivity index (χ2v) is 4.53. The molecule has 0 amide bonds. The summed E-state index contributed by atoms with van der Waals surface area (Å²) in [6, 6.07) is 0. The van der Waals surface area contributed by atoms with E-state index in [2.05, 4.69) is 9.84 Å². The van der Waals surface area contributed by atoms with Gasteiger partial charge in [-0.3, -0.25) is 4.68 Å². The van der Waals surface area contributed by atoms with Crippen LogP contribution < -0.4 is 0 Å². The normalized spacial score (nSPS) is 14.6. The van der Waals surface area contributed by atoms with Gasteiger partial charge in [-0.1, -0.05) is 13.8 Å². The zero-order valence-corrected chi connectivity index (χ0v) is 10.9. The van der Waals surface area contributed by atoms with Crippen molar-refractivity contribution in [2.75, 3.05) is 6.61 Å². The summed E-state index contributed by atoms with van der Waals surface area (Å²) in [5.74, 6) is -0.411. The van der Waals surface area contributed by atoms with Gasteiger partial charge in [0.1, 0.15) is 6.10 Å². The summed E-state index contributed by atoms with van der Waals surface area (Å²) in [6.45, 7) is 6.60. The van der Waals surface area contributed by atoms with Crippen molar-refractivity contribution in [3.8, 4) is 0 Å². The highest BCUT2D eigenvalue weighted by Crippen LogP contribution is 2.17. The summed E-state index contributed by atoms with van der Waals surface area (Å²) < 4.78 is 6.31. The van der Waals surface area contributed by atoms with Crippen molar-refractivity contribution >= 4 is 5.97 Å². The molecule has 0 aliphatic heterocycles. The second kappa shape index (κ2) is 6.51. The number of ether oxygens (including phenoxy) is 1. The molecule has 0 aromatic carbocycles. The molecule has 1 aromatic rings. The number of aliphatic hydroxyl groups excluding tert-OH is 2. The molecule has 6 nitrogen and oxygen atoms in total. The molecule has 0 spiro atoms. The molecular formula is C12H20N2O4. The van der Waals surface area contributed by atoms with E-state index in [1.165, 1.54) is 6.20 Å². The lowest BCUT2D eigenvalue weighted by Crippen LogP contribution is -2.29. The monoisotopic (exact) mass is 256 g/mol. The van der Waals surface area contributed by atoms with E-state index < -0.39 is 18.2 Å².